The average Bonchev–Trinajstić information content (AvgIpc) is 2.26. The molecule has 0 spiro atoms. The molecule has 0 aliphatic heterocycles. The Morgan fingerprint density at radius 3 is 2.41 bits per heavy atom. The fourth-order valence-corrected chi connectivity index (χ4v) is 4.83. The third kappa shape index (κ3) is 1.67. The number of ether oxygens (including phenoxy) is 1. The van der Waals surface area contributed by atoms with Crippen LogP contribution in [0.2, 0.25) is 0 Å². The second-order valence-corrected chi connectivity index (χ2v) is 6.89. The molecule has 0 aromatic carbocycles. The van der Waals surface area contributed by atoms with Crippen molar-refractivity contribution in [2.45, 2.75) is 70.0 Å². The lowest BCUT2D eigenvalue weighted by Crippen LogP contribution is -2.68. The molecular formula is C15H26O2. The van der Waals surface area contributed by atoms with Crippen LogP contribution in [0.15, 0.2) is 0 Å². The molecule has 0 aromatic rings. The van der Waals surface area contributed by atoms with E-state index in [9.17, 15) is 5.11 Å². The Morgan fingerprint density at radius 2 is 1.82 bits per heavy atom. The fraction of sp³-hybridized carbons (Fsp3) is 1.00. The topological polar surface area (TPSA) is 29.5 Å². The fourth-order valence-electron chi connectivity index (χ4n) is 4.83. The standard InChI is InChI=1S/C15H26O2/c1-3-4-5-17-15-9-11-6-12(10-15)8-13(7-11)14(15,2)16/h11-13,16H,3-10H2,1-2H3. The average molecular weight is 238 g/mol. The SMILES string of the molecule is CCCCOC12CC3CC(CC(C3)C1(C)O)C2. The van der Waals surface area contributed by atoms with Gasteiger partial charge in [0.25, 0.3) is 0 Å². The molecule has 0 heterocycles. The Morgan fingerprint density at radius 1 is 1.18 bits per heavy atom. The Kier molecular flexibility index (Phi) is 2.79. The van der Waals surface area contributed by atoms with E-state index < -0.39 is 5.60 Å². The second kappa shape index (κ2) is 3.96. The Labute approximate surface area is 105 Å². The van der Waals surface area contributed by atoms with E-state index in [1.807, 2.05) is 6.92 Å². The van der Waals surface area contributed by atoms with Gasteiger partial charge < -0.3 is 9.84 Å². The van der Waals surface area contributed by atoms with Gasteiger partial charge in [-0.1, -0.05) is 13.3 Å². The van der Waals surface area contributed by atoms with Crippen LogP contribution in [-0.4, -0.2) is 22.9 Å². The lowest BCUT2D eigenvalue weighted by Gasteiger charge is -2.63. The molecule has 0 aromatic heterocycles. The van der Waals surface area contributed by atoms with Gasteiger partial charge in [-0.05, 0) is 63.2 Å². The molecule has 0 saturated heterocycles. The normalized spacial score (nSPS) is 52.1. The molecule has 4 rings (SSSR count). The molecule has 3 atom stereocenters. The monoisotopic (exact) mass is 238 g/mol. The first kappa shape index (κ1) is 12.0. The van der Waals surface area contributed by atoms with Crippen molar-refractivity contribution in [2.75, 3.05) is 6.61 Å². The largest absolute Gasteiger partial charge is 0.387 e. The van der Waals surface area contributed by atoms with E-state index in [4.69, 9.17) is 4.74 Å². The van der Waals surface area contributed by atoms with Crippen LogP contribution < -0.4 is 0 Å². The Balaban J connectivity index is 1.80. The number of unbranched alkanes of at least 4 members (excludes halogenated alkanes) is 1. The van der Waals surface area contributed by atoms with Gasteiger partial charge in [-0.25, -0.2) is 0 Å². The lowest BCUT2D eigenvalue weighted by atomic mass is 9.48. The summed E-state index contributed by atoms with van der Waals surface area (Å²) in [4.78, 5) is 0. The number of hydrogen-bond acceptors (Lipinski definition) is 2. The molecule has 3 unspecified atom stereocenters. The smallest absolute Gasteiger partial charge is 0.0973 e. The maximum Gasteiger partial charge on any atom is 0.0973 e. The van der Waals surface area contributed by atoms with Crippen molar-refractivity contribution in [3.63, 3.8) is 0 Å². The van der Waals surface area contributed by atoms with Crippen LogP contribution in [0.25, 0.3) is 0 Å². The van der Waals surface area contributed by atoms with Crippen LogP contribution in [-0.2, 0) is 4.74 Å². The number of aliphatic hydroxyl groups is 1. The summed E-state index contributed by atoms with van der Waals surface area (Å²) >= 11 is 0. The van der Waals surface area contributed by atoms with Crippen molar-refractivity contribution in [1.29, 1.82) is 0 Å². The van der Waals surface area contributed by atoms with Crippen molar-refractivity contribution in [1.82, 2.24) is 0 Å². The molecule has 4 saturated carbocycles. The van der Waals surface area contributed by atoms with Gasteiger partial charge in [0.15, 0.2) is 0 Å². The first-order valence-electron chi connectivity index (χ1n) is 7.44. The minimum atomic E-state index is -0.575. The first-order valence-corrected chi connectivity index (χ1v) is 7.44. The predicted octanol–water partition coefficient (Wildman–Crippen LogP) is 3.13. The molecule has 0 amide bonds. The summed E-state index contributed by atoms with van der Waals surface area (Å²) in [6, 6.07) is 0. The number of hydrogen-bond donors (Lipinski definition) is 1. The highest BCUT2D eigenvalue weighted by atomic mass is 16.5. The molecule has 2 heteroatoms. The second-order valence-electron chi connectivity index (χ2n) is 6.89. The third-order valence-corrected chi connectivity index (χ3v) is 5.73. The highest BCUT2D eigenvalue weighted by Crippen LogP contribution is 2.61. The number of rotatable bonds is 4. The first-order chi connectivity index (χ1) is 8.07. The van der Waals surface area contributed by atoms with Crippen molar-refractivity contribution in [3.8, 4) is 0 Å². The highest BCUT2D eigenvalue weighted by Gasteiger charge is 2.63. The molecule has 4 aliphatic carbocycles. The van der Waals surface area contributed by atoms with Crippen LogP contribution in [0.3, 0.4) is 0 Å². The minimum absolute atomic E-state index is 0.198. The molecule has 0 radical (unpaired) electrons. The zero-order valence-electron chi connectivity index (χ0n) is 11.2. The summed E-state index contributed by atoms with van der Waals surface area (Å²) in [5.74, 6) is 2.15. The van der Waals surface area contributed by atoms with E-state index in [1.54, 1.807) is 0 Å². The Bertz CT molecular complexity index is 283. The van der Waals surface area contributed by atoms with Gasteiger partial charge in [0.2, 0.25) is 0 Å². The van der Waals surface area contributed by atoms with Crippen LogP contribution in [0, 0.1) is 17.8 Å². The van der Waals surface area contributed by atoms with Gasteiger partial charge in [0.1, 0.15) is 0 Å². The summed E-state index contributed by atoms with van der Waals surface area (Å²) in [6.45, 7) is 5.07. The summed E-state index contributed by atoms with van der Waals surface area (Å²) < 4.78 is 6.25. The molecule has 98 valence electrons. The van der Waals surface area contributed by atoms with Crippen molar-refractivity contribution >= 4 is 0 Å². The highest BCUT2D eigenvalue weighted by molar-refractivity contribution is 5.14. The molecular weight excluding hydrogens is 212 g/mol. The van der Waals surface area contributed by atoms with Gasteiger partial charge >= 0.3 is 0 Å². The quantitative estimate of drug-likeness (QED) is 0.762. The van der Waals surface area contributed by atoms with Crippen molar-refractivity contribution in [3.05, 3.63) is 0 Å². The Hall–Kier alpha value is -0.0800. The molecule has 4 aliphatic rings. The summed E-state index contributed by atoms with van der Waals surface area (Å²) in [5.41, 5.74) is -0.773. The van der Waals surface area contributed by atoms with E-state index in [0.717, 1.165) is 37.7 Å². The summed E-state index contributed by atoms with van der Waals surface area (Å²) in [5, 5.41) is 10.9. The summed E-state index contributed by atoms with van der Waals surface area (Å²) in [6.07, 6.45) is 8.38. The van der Waals surface area contributed by atoms with E-state index in [0.29, 0.717) is 5.92 Å². The van der Waals surface area contributed by atoms with E-state index >= 15 is 0 Å². The molecule has 1 N–H and O–H groups in total. The maximum atomic E-state index is 10.9. The van der Waals surface area contributed by atoms with Gasteiger partial charge in [-0.2, -0.15) is 0 Å². The zero-order chi connectivity index (χ0) is 12.1. The van der Waals surface area contributed by atoms with Crippen LogP contribution in [0.4, 0.5) is 0 Å². The van der Waals surface area contributed by atoms with Crippen LogP contribution in [0.1, 0.15) is 58.8 Å². The molecule has 17 heavy (non-hydrogen) atoms. The predicted molar refractivity (Wildman–Crippen MR) is 67.8 cm³/mol. The zero-order valence-corrected chi connectivity index (χ0v) is 11.2. The van der Waals surface area contributed by atoms with E-state index in [1.165, 1.54) is 25.7 Å². The van der Waals surface area contributed by atoms with E-state index in [2.05, 4.69) is 6.92 Å². The maximum absolute atomic E-state index is 10.9. The van der Waals surface area contributed by atoms with E-state index in [-0.39, 0.29) is 5.60 Å². The molecule has 2 nitrogen and oxygen atoms in total. The van der Waals surface area contributed by atoms with Gasteiger partial charge in [-0.15, -0.1) is 0 Å². The summed E-state index contributed by atoms with van der Waals surface area (Å²) in [7, 11) is 0. The minimum Gasteiger partial charge on any atom is -0.387 e. The van der Waals surface area contributed by atoms with Gasteiger partial charge in [0.05, 0.1) is 11.2 Å². The third-order valence-electron chi connectivity index (χ3n) is 5.73. The van der Waals surface area contributed by atoms with Gasteiger partial charge in [0, 0.05) is 6.61 Å². The molecule has 4 fully saturated rings. The van der Waals surface area contributed by atoms with Crippen LogP contribution >= 0.6 is 0 Å². The lowest BCUT2D eigenvalue weighted by molar-refractivity contribution is -0.278. The van der Waals surface area contributed by atoms with Crippen molar-refractivity contribution in [2.24, 2.45) is 17.8 Å². The molecule has 4 bridgehead atoms. The van der Waals surface area contributed by atoms with Crippen molar-refractivity contribution < 1.29 is 9.84 Å². The van der Waals surface area contributed by atoms with Gasteiger partial charge in [-0.3, -0.25) is 0 Å². The van der Waals surface area contributed by atoms with Crippen LogP contribution in [0.5, 0.6) is 0 Å².